The highest BCUT2D eigenvalue weighted by atomic mass is 19.4. The predicted molar refractivity (Wildman–Crippen MR) is 70.2 cm³/mol. The van der Waals surface area contributed by atoms with E-state index in [4.69, 9.17) is 5.73 Å². The molecular weight excluding hydrogens is 253 g/mol. The van der Waals surface area contributed by atoms with Crippen molar-refractivity contribution in [3.63, 3.8) is 0 Å². The maximum Gasteiger partial charge on any atom is 0.418 e. The third-order valence-corrected chi connectivity index (χ3v) is 3.56. The molecule has 2 nitrogen and oxygen atoms in total. The first-order valence-corrected chi connectivity index (χ1v) is 6.57. The zero-order valence-electron chi connectivity index (χ0n) is 11.0. The van der Waals surface area contributed by atoms with Crippen molar-refractivity contribution < 1.29 is 13.2 Å². The second-order valence-electron chi connectivity index (χ2n) is 5.23. The van der Waals surface area contributed by atoms with Crippen LogP contribution in [-0.4, -0.2) is 19.6 Å². The molecule has 1 unspecified atom stereocenters. The minimum atomic E-state index is -4.31. The minimum absolute atomic E-state index is 0.303. The van der Waals surface area contributed by atoms with Gasteiger partial charge in [-0.3, -0.25) is 0 Å². The van der Waals surface area contributed by atoms with E-state index in [0.29, 0.717) is 43.2 Å². The van der Waals surface area contributed by atoms with Crippen molar-refractivity contribution in [3.05, 3.63) is 29.3 Å². The van der Waals surface area contributed by atoms with Gasteiger partial charge in [-0.1, -0.05) is 13.0 Å². The van der Waals surface area contributed by atoms with Gasteiger partial charge in [0, 0.05) is 18.8 Å². The lowest BCUT2D eigenvalue weighted by Crippen LogP contribution is -2.23. The highest BCUT2D eigenvalue weighted by Gasteiger charge is 2.36. The van der Waals surface area contributed by atoms with Crippen LogP contribution in [0.25, 0.3) is 0 Å². The van der Waals surface area contributed by atoms with Crippen LogP contribution >= 0.6 is 0 Å². The summed E-state index contributed by atoms with van der Waals surface area (Å²) in [6, 6.07) is 4.58. The number of nitrogens with two attached hydrogens (primary N) is 1. The Bertz CT molecular complexity index is 443. The number of nitrogens with zero attached hydrogens (tertiary/aromatic N) is 1. The van der Waals surface area contributed by atoms with E-state index < -0.39 is 11.7 Å². The lowest BCUT2D eigenvalue weighted by atomic mass is 10.0. The fraction of sp³-hybridized carbons (Fsp3) is 0.571. The second-order valence-corrected chi connectivity index (χ2v) is 5.23. The van der Waals surface area contributed by atoms with Gasteiger partial charge in [0.1, 0.15) is 0 Å². The Morgan fingerprint density at radius 2 is 2.11 bits per heavy atom. The molecule has 0 saturated carbocycles. The van der Waals surface area contributed by atoms with Gasteiger partial charge in [-0.15, -0.1) is 0 Å². The number of halogens is 3. The Morgan fingerprint density at radius 1 is 1.37 bits per heavy atom. The summed E-state index contributed by atoms with van der Waals surface area (Å²) in [5.74, 6) is 0.449. The molecule has 0 spiro atoms. The molecule has 1 saturated heterocycles. The fourth-order valence-corrected chi connectivity index (χ4v) is 2.56. The summed E-state index contributed by atoms with van der Waals surface area (Å²) in [7, 11) is 0. The SMILES string of the molecule is CC1CCN(c2ccc(CCN)cc2C(F)(F)F)C1. The first kappa shape index (κ1) is 14.2. The maximum absolute atomic E-state index is 13.2. The van der Waals surface area contributed by atoms with Gasteiger partial charge in [0.05, 0.1) is 5.56 Å². The van der Waals surface area contributed by atoms with Crippen LogP contribution in [-0.2, 0) is 12.6 Å². The number of hydrogen-bond donors (Lipinski definition) is 1. The van der Waals surface area contributed by atoms with Crippen LogP contribution in [0.4, 0.5) is 18.9 Å². The average Bonchev–Trinajstić information content (AvgIpc) is 2.75. The summed E-state index contributed by atoms with van der Waals surface area (Å²) in [4.78, 5) is 1.83. The van der Waals surface area contributed by atoms with Crippen molar-refractivity contribution in [2.45, 2.75) is 25.9 Å². The molecule has 0 aliphatic carbocycles. The van der Waals surface area contributed by atoms with E-state index in [2.05, 4.69) is 6.92 Å². The van der Waals surface area contributed by atoms with E-state index in [1.807, 2.05) is 4.90 Å². The molecule has 1 aliphatic heterocycles. The third-order valence-electron chi connectivity index (χ3n) is 3.56. The van der Waals surface area contributed by atoms with E-state index in [0.717, 1.165) is 6.42 Å². The molecule has 1 atom stereocenters. The zero-order chi connectivity index (χ0) is 14.0. The molecule has 1 aromatic rings. The van der Waals surface area contributed by atoms with Crippen LogP contribution in [0.1, 0.15) is 24.5 Å². The number of anilines is 1. The van der Waals surface area contributed by atoms with Gasteiger partial charge in [-0.05, 0) is 43.0 Å². The van der Waals surface area contributed by atoms with Gasteiger partial charge in [0.15, 0.2) is 0 Å². The highest BCUT2D eigenvalue weighted by Crippen LogP contribution is 2.38. The zero-order valence-corrected chi connectivity index (χ0v) is 11.0. The molecule has 1 fully saturated rings. The summed E-state index contributed by atoms with van der Waals surface area (Å²) in [5.41, 5.74) is 5.82. The number of hydrogen-bond acceptors (Lipinski definition) is 2. The van der Waals surface area contributed by atoms with Gasteiger partial charge in [-0.2, -0.15) is 13.2 Å². The Morgan fingerprint density at radius 3 is 2.63 bits per heavy atom. The number of rotatable bonds is 3. The standard InChI is InChI=1S/C14H19F3N2/c1-10-5-7-19(9-10)13-3-2-11(4-6-18)8-12(13)14(15,16)17/h2-3,8,10H,4-7,9,18H2,1H3. The lowest BCUT2D eigenvalue weighted by Gasteiger charge is -2.23. The first-order chi connectivity index (χ1) is 8.91. The molecule has 2 rings (SSSR count). The smallest absolute Gasteiger partial charge is 0.371 e. The molecule has 2 N–H and O–H groups in total. The van der Waals surface area contributed by atoms with Crippen molar-refractivity contribution in [1.29, 1.82) is 0 Å². The van der Waals surface area contributed by atoms with Crippen molar-refractivity contribution in [1.82, 2.24) is 0 Å². The topological polar surface area (TPSA) is 29.3 Å². The fourth-order valence-electron chi connectivity index (χ4n) is 2.56. The number of benzene rings is 1. The van der Waals surface area contributed by atoms with E-state index in [1.54, 1.807) is 12.1 Å². The van der Waals surface area contributed by atoms with Crippen LogP contribution in [0.15, 0.2) is 18.2 Å². The molecular formula is C14H19F3N2. The van der Waals surface area contributed by atoms with E-state index in [-0.39, 0.29) is 0 Å². The van der Waals surface area contributed by atoms with Crippen LogP contribution in [0.3, 0.4) is 0 Å². The monoisotopic (exact) mass is 272 g/mol. The van der Waals surface area contributed by atoms with Crippen LogP contribution in [0.5, 0.6) is 0 Å². The van der Waals surface area contributed by atoms with Crippen LogP contribution < -0.4 is 10.6 Å². The Hall–Kier alpha value is -1.23. The van der Waals surface area contributed by atoms with Crippen LogP contribution in [0, 0.1) is 5.92 Å². The molecule has 106 valence electrons. The van der Waals surface area contributed by atoms with Gasteiger partial charge >= 0.3 is 6.18 Å². The highest BCUT2D eigenvalue weighted by molar-refractivity contribution is 5.57. The molecule has 0 aromatic heterocycles. The van der Waals surface area contributed by atoms with Crippen molar-refractivity contribution in [2.24, 2.45) is 11.7 Å². The van der Waals surface area contributed by atoms with Crippen molar-refractivity contribution in [3.8, 4) is 0 Å². The summed E-state index contributed by atoms with van der Waals surface area (Å²) < 4.78 is 39.5. The second kappa shape index (κ2) is 5.41. The summed E-state index contributed by atoms with van der Waals surface area (Å²) in [6.07, 6.45) is -2.90. The molecule has 1 aliphatic rings. The molecule has 5 heteroatoms. The summed E-state index contributed by atoms with van der Waals surface area (Å²) in [6.45, 7) is 3.81. The Kier molecular flexibility index (Phi) is 4.04. The van der Waals surface area contributed by atoms with Gasteiger partial charge in [0.2, 0.25) is 0 Å². The lowest BCUT2D eigenvalue weighted by molar-refractivity contribution is -0.137. The normalized spacial score (nSPS) is 20.1. The molecule has 0 bridgehead atoms. The van der Waals surface area contributed by atoms with Crippen LogP contribution in [0.2, 0.25) is 0 Å². The molecule has 0 amide bonds. The maximum atomic E-state index is 13.2. The Balaban J connectivity index is 2.36. The third kappa shape index (κ3) is 3.21. The van der Waals surface area contributed by atoms with Gasteiger partial charge in [0.25, 0.3) is 0 Å². The van der Waals surface area contributed by atoms with Gasteiger partial charge < -0.3 is 10.6 Å². The van der Waals surface area contributed by atoms with E-state index in [1.165, 1.54) is 6.07 Å². The van der Waals surface area contributed by atoms with E-state index in [9.17, 15) is 13.2 Å². The Labute approximate surface area is 111 Å². The first-order valence-electron chi connectivity index (χ1n) is 6.57. The quantitative estimate of drug-likeness (QED) is 0.916. The largest absolute Gasteiger partial charge is 0.418 e. The van der Waals surface area contributed by atoms with E-state index >= 15 is 0 Å². The summed E-state index contributed by atoms with van der Waals surface area (Å²) in [5, 5.41) is 0. The molecule has 1 heterocycles. The van der Waals surface area contributed by atoms with Gasteiger partial charge in [-0.25, -0.2) is 0 Å². The van der Waals surface area contributed by atoms with Crippen molar-refractivity contribution >= 4 is 5.69 Å². The molecule has 1 aromatic carbocycles. The summed E-state index contributed by atoms with van der Waals surface area (Å²) >= 11 is 0. The predicted octanol–water partition coefficient (Wildman–Crippen LogP) is 3.05. The average molecular weight is 272 g/mol. The number of alkyl halides is 3. The minimum Gasteiger partial charge on any atom is -0.371 e. The molecule has 0 radical (unpaired) electrons. The van der Waals surface area contributed by atoms with Crippen molar-refractivity contribution in [2.75, 3.05) is 24.5 Å². The molecule has 19 heavy (non-hydrogen) atoms.